The summed E-state index contributed by atoms with van der Waals surface area (Å²) in [6.45, 7) is 6.88. The molecule has 17 heavy (non-hydrogen) atoms. The molecule has 0 spiro atoms. The standard InChI is InChI=1S/C12H19N3O2/c1-9(2)10(3)4-7-17-12(16)15-11-8-13-5-6-14-11/h5-6,8-10H,4,7H2,1-3H3,(H,14,15,16)/t10-/m1/s1. The van der Waals surface area contributed by atoms with E-state index in [2.05, 4.69) is 36.1 Å². The second-order valence-electron chi connectivity index (χ2n) is 4.36. The number of nitrogens with one attached hydrogen (secondary N) is 1. The predicted octanol–water partition coefficient (Wildman–Crippen LogP) is 2.71. The van der Waals surface area contributed by atoms with Crippen LogP contribution in [0.1, 0.15) is 27.2 Å². The third-order valence-electron chi connectivity index (χ3n) is 2.74. The molecule has 1 heterocycles. The molecular formula is C12H19N3O2. The summed E-state index contributed by atoms with van der Waals surface area (Å²) in [7, 11) is 0. The van der Waals surface area contributed by atoms with Gasteiger partial charge in [-0.15, -0.1) is 0 Å². The van der Waals surface area contributed by atoms with E-state index in [-0.39, 0.29) is 0 Å². The zero-order valence-corrected chi connectivity index (χ0v) is 10.5. The van der Waals surface area contributed by atoms with Crippen molar-refractivity contribution < 1.29 is 9.53 Å². The molecule has 5 heteroatoms. The molecule has 1 aromatic heterocycles. The lowest BCUT2D eigenvalue weighted by Crippen LogP contribution is -2.17. The van der Waals surface area contributed by atoms with Crippen molar-refractivity contribution in [1.82, 2.24) is 9.97 Å². The first kappa shape index (κ1) is 13.4. The smallest absolute Gasteiger partial charge is 0.412 e. The van der Waals surface area contributed by atoms with Crippen LogP contribution in [0.3, 0.4) is 0 Å². The van der Waals surface area contributed by atoms with Crippen molar-refractivity contribution in [3.05, 3.63) is 18.6 Å². The summed E-state index contributed by atoms with van der Waals surface area (Å²) in [5.74, 6) is 1.54. The third kappa shape index (κ3) is 5.29. The number of hydrogen-bond acceptors (Lipinski definition) is 4. The number of rotatable bonds is 5. The quantitative estimate of drug-likeness (QED) is 0.855. The minimum Gasteiger partial charge on any atom is -0.449 e. The van der Waals surface area contributed by atoms with E-state index in [4.69, 9.17) is 4.74 Å². The first-order valence-electron chi connectivity index (χ1n) is 5.79. The SMILES string of the molecule is CC(C)[C@H](C)CCOC(=O)Nc1cnccn1. The monoisotopic (exact) mass is 237 g/mol. The molecule has 0 unspecified atom stereocenters. The second kappa shape index (κ2) is 6.83. The molecule has 0 saturated heterocycles. The summed E-state index contributed by atoms with van der Waals surface area (Å²) in [5.41, 5.74) is 0. The Morgan fingerprint density at radius 3 is 2.76 bits per heavy atom. The third-order valence-corrected chi connectivity index (χ3v) is 2.74. The molecule has 0 aliphatic carbocycles. The normalized spacial score (nSPS) is 12.2. The van der Waals surface area contributed by atoms with Crippen LogP contribution in [0.2, 0.25) is 0 Å². The van der Waals surface area contributed by atoms with Crippen LogP contribution in [-0.2, 0) is 4.74 Å². The molecule has 0 radical (unpaired) electrons. The van der Waals surface area contributed by atoms with E-state index in [1.807, 2.05) is 0 Å². The highest BCUT2D eigenvalue weighted by Crippen LogP contribution is 2.13. The highest BCUT2D eigenvalue weighted by molar-refractivity contribution is 5.82. The number of hydrogen-bond donors (Lipinski definition) is 1. The van der Waals surface area contributed by atoms with E-state index in [1.165, 1.54) is 12.4 Å². The summed E-state index contributed by atoms with van der Waals surface area (Å²) in [6, 6.07) is 0. The highest BCUT2D eigenvalue weighted by atomic mass is 16.5. The summed E-state index contributed by atoms with van der Waals surface area (Å²) < 4.78 is 5.05. The molecule has 1 aromatic rings. The van der Waals surface area contributed by atoms with Crippen molar-refractivity contribution in [2.75, 3.05) is 11.9 Å². The fourth-order valence-electron chi connectivity index (χ4n) is 1.18. The van der Waals surface area contributed by atoms with Gasteiger partial charge < -0.3 is 4.74 Å². The van der Waals surface area contributed by atoms with Crippen molar-refractivity contribution in [1.29, 1.82) is 0 Å². The number of carbonyl (C=O) groups is 1. The Kier molecular flexibility index (Phi) is 5.39. The number of carbonyl (C=O) groups excluding carboxylic acids is 1. The zero-order chi connectivity index (χ0) is 12.7. The van der Waals surface area contributed by atoms with Crippen molar-refractivity contribution in [2.45, 2.75) is 27.2 Å². The van der Waals surface area contributed by atoms with Gasteiger partial charge in [0.1, 0.15) is 0 Å². The molecule has 0 bridgehead atoms. The van der Waals surface area contributed by atoms with Crippen LogP contribution in [0.4, 0.5) is 10.6 Å². The first-order valence-corrected chi connectivity index (χ1v) is 5.79. The van der Waals surface area contributed by atoms with E-state index in [0.29, 0.717) is 24.3 Å². The molecular weight excluding hydrogens is 218 g/mol. The van der Waals surface area contributed by atoms with Crippen LogP contribution in [0.15, 0.2) is 18.6 Å². The largest absolute Gasteiger partial charge is 0.449 e. The van der Waals surface area contributed by atoms with Gasteiger partial charge in [-0.2, -0.15) is 0 Å². The lowest BCUT2D eigenvalue weighted by molar-refractivity contribution is 0.150. The lowest BCUT2D eigenvalue weighted by Gasteiger charge is -2.15. The molecule has 1 rings (SSSR count). The Morgan fingerprint density at radius 1 is 1.41 bits per heavy atom. The molecule has 0 fully saturated rings. The fraction of sp³-hybridized carbons (Fsp3) is 0.583. The summed E-state index contributed by atoms with van der Waals surface area (Å²) >= 11 is 0. The molecule has 94 valence electrons. The van der Waals surface area contributed by atoms with Crippen LogP contribution in [0, 0.1) is 11.8 Å². The Hall–Kier alpha value is -1.65. The van der Waals surface area contributed by atoms with Crippen LogP contribution in [0.25, 0.3) is 0 Å². The van der Waals surface area contributed by atoms with E-state index >= 15 is 0 Å². The number of ether oxygens (including phenoxy) is 1. The van der Waals surface area contributed by atoms with Crippen LogP contribution >= 0.6 is 0 Å². The van der Waals surface area contributed by atoms with Gasteiger partial charge in [0.05, 0.1) is 12.8 Å². The Bertz CT molecular complexity index is 341. The average molecular weight is 237 g/mol. The van der Waals surface area contributed by atoms with Crippen LogP contribution < -0.4 is 5.32 Å². The van der Waals surface area contributed by atoms with Gasteiger partial charge in [0.25, 0.3) is 0 Å². The first-order chi connectivity index (χ1) is 8.09. The zero-order valence-electron chi connectivity index (χ0n) is 10.5. The molecule has 1 atom stereocenters. The fourth-order valence-corrected chi connectivity index (χ4v) is 1.18. The van der Waals surface area contributed by atoms with Crippen molar-refractivity contribution in [2.24, 2.45) is 11.8 Å². The van der Waals surface area contributed by atoms with E-state index in [0.717, 1.165) is 6.42 Å². The number of aromatic nitrogens is 2. The maximum absolute atomic E-state index is 11.4. The van der Waals surface area contributed by atoms with Gasteiger partial charge in [-0.1, -0.05) is 20.8 Å². The minimum atomic E-state index is -0.485. The molecule has 1 amide bonds. The summed E-state index contributed by atoms with van der Waals surface area (Å²) in [6.07, 6.45) is 4.90. The maximum Gasteiger partial charge on any atom is 0.412 e. The lowest BCUT2D eigenvalue weighted by atomic mass is 9.95. The molecule has 0 aliphatic heterocycles. The van der Waals surface area contributed by atoms with Crippen LogP contribution in [0.5, 0.6) is 0 Å². The van der Waals surface area contributed by atoms with Gasteiger partial charge in [0.15, 0.2) is 5.82 Å². The number of nitrogens with zero attached hydrogens (tertiary/aromatic N) is 2. The average Bonchev–Trinajstić information content (AvgIpc) is 2.30. The molecule has 5 nitrogen and oxygen atoms in total. The number of anilines is 1. The molecule has 1 N–H and O–H groups in total. The highest BCUT2D eigenvalue weighted by Gasteiger charge is 2.09. The van der Waals surface area contributed by atoms with Crippen molar-refractivity contribution >= 4 is 11.9 Å². The molecule has 0 saturated carbocycles. The second-order valence-corrected chi connectivity index (χ2v) is 4.36. The van der Waals surface area contributed by atoms with E-state index < -0.39 is 6.09 Å². The van der Waals surface area contributed by atoms with Gasteiger partial charge in [0, 0.05) is 12.4 Å². The van der Waals surface area contributed by atoms with Crippen LogP contribution in [-0.4, -0.2) is 22.7 Å². The van der Waals surface area contributed by atoms with Gasteiger partial charge in [-0.25, -0.2) is 9.78 Å². The maximum atomic E-state index is 11.4. The van der Waals surface area contributed by atoms with Gasteiger partial charge in [0.2, 0.25) is 0 Å². The van der Waals surface area contributed by atoms with Crippen molar-refractivity contribution in [3.8, 4) is 0 Å². The Morgan fingerprint density at radius 2 is 2.18 bits per heavy atom. The molecule has 0 aliphatic rings. The molecule has 0 aromatic carbocycles. The van der Waals surface area contributed by atoms with E-state index in [1.54, 1.807) is 6.20 Å². The van der Waals surface area contributed by atoms with Gasteiger partial charge in [-0.05, 0) is 18.3 Å². The Labute approximate surface area is 102 Å². The van der Waals surface area contributed by atoms with E-state index in [9.17, 15) is 4.79 Å². The van der Waals surface area contributed by atoms with Crippen molar-refractivity contribution in [3.63, 3.8) is 0 Å². The van der Waals surface area contributed by atoms with Gasteiger partial charge >= 0.3 is 6.09 Å². The predicted molar refractivity (Wildman–Crippen MR) is 65.6 cm³/mol. The minimum absolute atomic E-state index is 0.398. The summed E-state index contributed by atoms with van der Waals surface area (Å²) in [5, 5.41) is 2.51. The Balaban J connectivity index is 2.22. The van der Waals surface area contributed by atoms with Gasteiger partial charge in [-0.3, -0.25) is 10.3 Å². The topological polar surface area (TPSA) is 64.1 Å². The number of amides is 1. The summed E-state index contributed by atoms with van der Waals surface area (Å²) in [4.78, 5) is 19.1.